The van der Waals surface area contributed by atoms with Crippen LogP contribution in [0.1, 0.15) is 5.56 Å². The van der Waals surface area contributed by atoms with E-state index in [9.17, 15) is 21.6 Å². The predicted molar refractivity (Wildman–Crippen MR) is 83.1 cm³/mol. The van der Waals surface area contributed by atoms with Gasteiger partial charge in [-0.3, -0.25) is 5.10 Å². The fraction of sp³-hybridized carbons (Fsp3) is 0.133. The monoisotopic (exact) mass is 355 g/mol. The maximum Gasteiger partial charge on any atom is 0.501 e. The number of hydrogen-bond acceptors (Lipinski definition) is 4. The second kappa shape index (κ2) is 5.82. The topological polar surface area (TPSA) is 74.8 Å². The predicted octanol–water partition coefficient (Wildman–Crippen LogP) is 3.47. The highest BCUT2D eigenvalue weighted by atomic mass is 32.2. The number of nitrogens with zero attached hydrogens (tertiary/aromatic N) is 1. The minimum absolute atomic E-state index is 0.176. The average Bonchev–Trinajstić information content (AvgIpc) is 3.02. The van der Waals surface area contributed by atoms with E-state index in [0.29, 0.717) is 12.2 Å². The number of sulfone groups is 1. The van der Waals surface area contributed by atoms with Gasteiger partial charge in [0, 0.05) is 17.6 Å². The lowest BCUT2D eigenvalue weighted by molar-refractivity contribution is -0.0435. The molecule has 0 unspecified atom stereocenters. The first-order chi connectivity index (χ1) is 11.3. The molecule has 0 amide bonds. The van der Waals surface area contributed by atoms with Gasteiger partial charge in [0.15, 0.2) is 0 Å². The zero-order valence-corrected chi connectivity index (χ0v) is 12.9. The van der Waals surface area contributed by atoms with E-state index in [0.717, 1.165) is 11.6 Å². The molecule has 9 heteroatoms. The number of fused-ring (bicyclic) bond motifs is 1. The molecule has 0 fully saturated rings. The van der Waals surface area contributed by atoms with Crippen molar-refractivity contribution in [3.05, 3.63) is 54.2 Å². The number of benzene rings is 2. The molecule has 0 aliphatic rings. The molecule has 0 bridgehead atoms. The molecule has 0 aliphatic heterocycles. The molecular formula is C15H12F3N3O2S. The minimum atomic E-state index is -5.46. The number of alkyl halides is 3. The van der Waals surface area contributed by atoms with Gasteiger partial charge in [-0.15, -0.1) is 0 Å². The van der Waals surface area contributed by atoms with Gasteiger partial charge in [-0.05, 0) is 17.7 Å². The Kier molecular flexibility index (Phi) is 3.96. The third kappa shape index (κ3) is 2.82. The third-order valence-corrected chi connectivity index (χ3v) is 5.03. The van der Waals surface area contributed by atoms with E-state index in [2.05, 4.69) is 15.5 Å². The highest BCUT2D eigenvalue weighted by Gasteiger charge is 2.48. The summed E-state index contributed by atoms with van der Waals surface area (Å²) in [6.07, 6.45) is 1.29. The Morgan fingerprint density at radius 2 is 1.79 bits per heavy atom. The molecule has 0 saturated heterocycles. The van der Waals surface area contributed by atoms with Crippen LogP contribution in [0.3, 0.4) is 0 Å². The Bertz CT molecular complexity index is 967. The van der Waals surface area contributed by atoms with E-state index in [1.165, 1.54) is 12.3 Å². The first kappa shape index (κ1) is 16.3. The van der Waals surface area contributed by atoms with Crippen LogP contribution < -0.4 is 5.32 Å². The second-order valence-electron chi connectivity index (χ2n) is 5.06. The van der Waals surface area contributed by atoms with Gasteiger partial charge in [0.05, 0.1) is 11.7 Å². The van der Waals surface area contributed by atoms with Crippen LogP contribution in [0.5, 0.6) is 0 Å². The van der Waals surface area contributed by atoms with Crippen LogP contribution in [0.2, 0.25) is 0 Å². The van der Waals surface area contributed by atoms with Crippen LogP contribution in [0.15, 0.2) is 53.6 Å². The van der Waals surface area contributed by atoms with Gasteiger partial charge >= 0.3 is 5.51 Å². The van der Waals surface area contributed by atoms with E-state index >= 15 is 0 Å². The van der Waals surface area contributed by atoms with Crippen molar-refractivity contribution in [2.24, 2.45) is 0 Å². The average molecular weight is 355 g/mol. The largest absolute Gasteiger partial charge is 0.501 e. The van der Waals surface area contributed by atoms with Crippen molar-refractivity contribution in [1.29, 1.82) is 0 Å². The van der Waals surface area contributed by atoms with E-state index in [-0.39, 0.29) is 10.9 Å². The summed E-state index contributed by atoms with van der Waals surface area (Å²) in [5, 5.41) is 9.36. The van der Waals surface area contributed by atoms with Crippen LogP contribution in [0, 0.1) is 0 Å². The number of hydrogen-bond donors (Lipinski definition) is 2. The van der Waals surface area contributed by atoms with Crippen LogP contribution in [0.4, 0.5) is 18.9 Å². The highest BCUT2D eigenvalue weighted by Crippen LogP contribution is 2.35. The first-order valence-electron chi connectivity index (χ1n) is 6.86. The van der Waals surface area contributed by atoms with Crippen molar-refractivity contribution in [2.45, 2.75) is 16.9 Å². The quantitative estimate of drug-likeness (QED) is 0.751. The number of H-pyrrole nitrogens is 1. The molecule has 1 heterocycles. The molecule has 0 spiro atoms. The van der Waals surface area contributed by atoms with Gasteiger partial charge in [0.2, 0.25) is 0 Å². The Morgan fingerprint density at radius 1 is 1.08 bits per heavy atom. The van der Waals surface area contributed by atoms with Crippen molar-refractivity contribution in [3.63, 3.8) is 0 Å². The summed E-state index contributed by atoms with van der Waals surface area (Å²) < 4.78 is 61.7. The van der Waals surface area contributed by atoms with E-state index < -0.39 is 20.2 Å². The van der Waals surface area contributed by atoms with Crippen molar-refractivity contribution >= 4 is 26.4 Å². The summed E-state index contributed by atoms with van der Waals surface area (Å²) in [4.78, 5) is -0.840. The van der Waals surface area contributed by atoms with E-state index in [1.807, 2.05) is 30.3 Å². The van der Waals surface area contributed by atoms with Crippen LogP contribution in [-0.2, 0) is 16.4 Å². The van der Waals surface area contributed by atoms with Gasteiger partial charge in [-0.25, -0.2) is 8.42 Å². The van der Waals surface area contributed by atoms with Crippen LogP contribution in [0.25, 0.3) is 10.9 Å². The molecule has 5 nitrogen and oxygen atoms in total. The van der Waals surface area contributed by atoms with Gasteiger partial charge in [0.25, 0.3) is 9.84 Å². The molecule has 3 rings (SSSR count). The summed E-state index contributed by atoms with van der Waals surface area (Å²) in [5.41, 5.74) is -4.08. The van der Waals surface area contributed by atoms with Gasteiger partial charge < -0.3 is 5.32 Å². The normalized spacial score (nSPS) is 12.5. The second-order valence-corrected chi connectivity index (χ2v) is 6.97. The molecule has 1 aromatic heterocycles. The molecule has 0 aliphatic carbocycles. The summed E-state index contributed by atoms with van der Waals surface area (Å²) in [6, 6.07) is 11.6. The molecule has 0 atom stereocenters. The zero-order chi connectivity index (χ0) is 17.4. The lowest BCUT2D eigenvalue weighted by Crippen LogP contribution is -2.23. The maximum atomic E-state index is 12.8. The fourth-order valence-corrected chi connectivity index (χ4v) is 3.23. The fourth-order valence-electron chi connectivity index (χ4n) is 2.31. The van der Waals surface area contributed by atoms with Gasteiger partial charge in [-0.1, -0.05) is 30.3 Å². The smallest absolute Gasteiger partial charge is 0.380 e. The lowest BCUT2D eigenvalue weighted by atomic mass is 10.2. The van der Waals surface area contributed by atoms with Crippen LogP contribution in [-0.4, -0.2) is 24.1 Å². The Morgan fingerprint density at radius 3 is 2.46 bits per heavy atom. The van der Waals surface area contributed by atoms with Crippen molar-refractivity contribution in [2.75, 3.05) is 5.32 Å². The highest BCUT2D eigenvalue weighted by molar-refractivity contribution is 7.92. The number of aromatic nitrogens is 2. The van der Waals surface area contributed by atoms with Gasteiger partial charge in [-0.2, -0.15) is 18.3 Å². The van der Waals surface area contributed by atoms with E-state index in [1.54, 1.807) is 0 Å². The molecule has 0 radical (unpaired) electrons. The molecular weight excluding hydrogens is 343 g/mol. The Hall–Kier alpha value is -2.55. The Balaban J connectivity index is 1.99. The molecule has 24 heavy (non-hydrogen) atoms. The summed E-state index contributed by atoms with van der Waals surface area (Å²) in [6.45, 7) is 0.437. The van der Waals surface area contributed by atoms with Gasteiger partial charge in [0.1, 0.15) is 4.90 Å². The van der Waals surface area contributed by atoms with E-state index in [4.69, 9.17) is 0 Å². The molecule has 2 aromatic carbocycles. The third-order valence-electron chi connectivity index (χ3n) is 3.50. The summed E-state index contributed by atoms with van der Waals surface area (Å²) >= 11 is 0. The summed E-state index contributed by atoms with van der Waals surface area (Å²) in [7, 11) is -5.46. The maximum absolute atomic E-state index is 12.8. The number of nitrogens with one attached hydrogen (secondary N) is 2. The molecule has 3 aromatic rings. The lowest BCUT2D eigenvalue weighted by Gasteiger charge is -2.12. The number of halogens is 3. The standard InChI is InChI=1S/C15H12F3N3O2S/c16-15(17,18)24(22,23)13-7-6-12(11-9-20-21-14(11)13)19-8-10-4-2-1-3-5-10/h1-7,9,19H,8H2,(H,20,21). The SMILES string of the molecule is O=S(=O)(c1ccc(NCc2ccccc2)c2cn[nH]c12)C(F)(F)F. The van der Waals surface area contributed by atoms with Crippen molar-refractivity contribution in [3.8, 4) is 0 Å². The number of aromatic amines is 1. The first-order valence-corrected chi connectivity index (χ1v) is 8.34. The minimum Gasteiger partial charge on any atom is -0.380 e. The summed E-state index contributed by atoms with van der Waals surface area (Å²) in [5.74, 6) is 0. The molecule has 126 valence electrons. The Labute approximate surface area is 135 Å². The van der Waals surface area contributed by atoms with Crippen molar-refractivity contribution in [1.82, 2.24) is 10.2 Å². The number of anilines is 1. The molecule has 2 N–H and O–H groups in total. The van der Waals surface area contributed by atoms with Crippen LogP contribution >= 0.6 is 0 Å². The zero-order valence-electron chi connectivity index (χ0n) is 12.1. The molecule has 0 saturated carbocycles. The number of rotatable bonds is 4. The van der Waals surface area contributed by atoms with Crippen molar-refractivity contribution < 1.29 is 21.6 Å².